The van der Waals surface area contributed by atoms with Gasteiger partial charge in [-0.2, -0.15) is 0 Å². The molecule has 2 amide bonds. The zero-order valence-corrected chi connectivity index (χ0v) is 17.1. The van der Waals surface area contributed by atoms with Gasteiger partial charge < -0.3 is 20.1 Å². The maximum atomic E-state index is 12.3. The van der Waals surface area contributed by atoms with Crippen molar-refractivity contribution < 1.29 is 24.2 Å². The Morgan fingerprint density at radius 1 is 1.07 bits per heavy atom. The van der Waals surface area contributed by atoms with Crippen LogP contribution in [0.5, 0.6) is 0 Å². The maximum absolute atomic E-state index is 12.3. The van der Waals surface area contributed by atoms with Crippen LogP contribution in [0.1, 0.15) is 36.8 Å². The van der Waals surface area contributed by atoms with E-state index in [1.165, 1.54) is 4.90 Å². The van der Waals surface area contributed by atoms with Crippen molar-refractivity contribution in [3.05, 3.63) is 59.7 Å². The molecule has 158 valence electrons. The second-order valence-electron chi connectivity index (χ2n) is 7.53. The first-order valence-electron chi connectivity index (χ1n) is 9.94. The number of nitrogens with one attached hydrogen (secondary N) is 1. The lowest BCUT2D eigenvalue weighted by atomic mass is 9.98. The molecule has 1 atom stereocenters. The van der Waals surface area contributed by atoms with E-state index in [9.17, 15) is 14.4 Å². The van der Waals surface area contributed by atoms with Crippen molar-refractivity contribution in [1.29, 1.82) is 0 Å². The predicted octanol–water partition coefficient (Wildman–Crippen LogP) is 3.24. The molecule has 30 heavy (non-hydrogen) atoms. The molecule has 2 aromatic rings. The number of nitrogens with zero attached hydrogens (tertiary/aromatic N) is 1. The maximum Gasteiger partial charge on any atom is 0.407 e. The number of carboxylic acids is 1. The van der Waals surface area contributed by atoms with E-state index in [0.29, 0.717) is 0 Å². The fraction of sp³-hybridized carbons (Fsp3) is 0.348. The first-order chi connectivity index (χ1) is 14.4. The number of benzene rings is 2. The number of ether oxygens (including phenoxy) is 1. The Bertz CT molecular complexity index is 897. The van der Waals surface area contributed by atoms with Crippen molar-refractivity contribution >= 4 is 18.0 Å². The van der Waals surface area contributed by atoms with Gasteiger partial charge in [0.15, 0.2) is 0 Å². The molecule has 1 aliphatic rings. The number of aliphatic carboxylic acids is 1. The van der Waals surface area contributed by atoms with Gasteiger partial charge in [-0.05, 0) is 29.2 Å². The van der Waals surface area contributed by atoms with Crippen LogP contribution in [0.3, 0.4) is 0 Å². The van der Waals surface area contributed by atoms with E-state index in [-0.39, 0.29) is 37.8 Å². The minimum Gasteiger partial charge on any atom is -0.481 e. The molecule has 0 radical (unpaired) electrons. The lowest BCUT2D eigenvalue weighted by molar-refractivity contribution is -0.138. The van der Waals surface area contributed by atoms with E-state index in [0.717, 1.165) is 22.3 Å². The predicted molar refractivity (Wildman–Crippen MR) is 112 cm³/mol. The van der Waals surface area contributed by atoms with Gasteiger partial charge in [-0.15, -0.1) is 0 Å². The largest absolute Gasteiger partial charge is 0.481 e. The topological polar surface area (TPSA) is 95.9 Å². The van der Waals surface area contributed by atoms with Crippen LogP contribution in [0.2, 0.25) is 0 Å². The van der Waals surface area contributed by atoms with Gasteiger partial charge in [0.05, 0.1) is 6.42 Å². The van der Waals surface area contributed by atoms with Crippen LogP contribution in [0, 0.1) is 0 Å². The number of hydrogen-bond donors (Lipinski definition) is 2. The molecule has 0 bridgehead atoms. The van der Waals surface area contributed by atoms with Crippen LogP contribution in [0.15, 0.2) is 48.5 Å². The van der Waals surface area contributed by atoms with Crippen molar-refractivity contribution in [2.75, 3.05) is 20.2 Å². The number of fused-ring (bicyclic) bond motifs is 3. The highest BCUT2D eigenvalue weighted by Gasteiger charge is 2.29. The Kier molecular flexibility index (Phi) is 6.72. The third kappa shape index (κ3) is 4.97. The average molecular weight is 410 g/mol. The highest BCUT2D eigenvalue weighted by Crippen LogP contribution is 2.44. The lowest BCUT2D eigenvalue weighted by Gasteiger charge is -2.20. The molecule has 7 heteroatoms. The van der Waals surface area contributed by atoms with Crippen molar-refractivity contribution in [2.24, 2.45) is 0 Å². The second-order valence-corrected chi connectivity index (χ2v) is 7.53. The molecule has 0 aromatic heterocycles. The Hall–Kier alpha value is -3.35. The summed E-state index contributed by atoms with van der Waals surface area (Å²) in [5.41, 5.74) is 4.58. The second kappa shape index (κ2) is 9.43. The van der Waals surface area contributed by atoms with Gasteiger partial charge in [-0.3, -0.25) is 9.59 Å². The van der Waals surface area contributed by atoms with Crippen LogP contribution in [-0.2, 0) is 14.3 Å². The van der Waals surface area contributed by atoms with E-state index in [1.807, 2.05) is 24.3 Å². The SMILES string of the molecule is C[C@H](CC(=O)N(C)CCC(=O)O)NC(=O)OCC1c2ccccc2-c2ccccc21. The fourth-order valence-corrected chi connectivity index (χ4v) is 3.70. The summed E-state index contributed by atoms with van der Waals surface area (Å²) >= 11 is 0. The summed E-state index contributed by atoms with van der Waals surface area (Å²) < 4.78 is 5.48. The minimum atomic E-state index is -0.959. The fourth-order valence-electron chi connectivity index (χ4n) is 3.70. The zero-order chi connectivity index (χ0) is 21.7. The highest BCUT2D eigenvalue weighted by molar-refractivity contribution is 5.80. The molecule has 2 aromatic carbocycles. The van der Waals surface area contributed by atoms with E-state index < -0.39 is 18.1 Å². The molecule has 0 saturated heterocycles. The van der Waals surface area contributed by atoms with Crippen molar-refractivity contribution in [3.63, 3.8) is 0 Å². The molecule has 7 nitrogen and oxygen atoms in total. The number of amides is 2. The van der Waals surface area contributed by atoms with Gasteiger partial charge in [0.1, 0.15) is 6.61 Å². The molecular formula is C23H26N2O5. The molecule has 0 heterocycles. The Balaban J connectivity index is 1.52. The summed E-state index contributed by atoms with van der Waals surface area (Å²) in [7, 11) is 1.55. The molecule has 0 spiro atoms. The van der Waals surface area contributed by atoms with Gasteiger partial charge in [0.25, 0.3) is 0 Å². The minimum absolute atomic E-state index is 0.0257. The van der Waals surface area contributed by atoms with Crippen molar-refractivity contribution in [3.8, 4) is 11.1 Å². The van der Waals surface area contributed by atoms with Gasteiger partial charge in [-0.25, -0.2) is 4.79 Å². The number of carbonyl (C=O) groups excluding carboxylic acids is 2. The summed E-state index contributed by atoms with van der Waals surface area (Å²) in [6.45, 7) is 2.05. The number of carbonyl (C=O) groups is 3. The number of rotatable bonds is 8. The van der Waals surface area contributed by atoms with Crippen LogP contribution in [0.4, 0.5) is 4.79 Å². The molecule has 0 aliphatic heterocycles. The standard InChI is InChI=1S/C23H26N2O5/c1-15(13-21(26)25(2)12-11-22(27)28)24-23(29)30-14-20-18-9-5-3-7-16(18)17-8-4-6-10-19(17)20/h3-10,15,20H,11-14H2,1-2H3,(H,24,29)(H,27,28)/t15-/m1/s1. The normalized spacial score (nSPS) is 13.1. The van der Waals surface area contributed by atoms with Gasteiger partial charge in [0, 0.05) is 32.0 Å². The quantitative estimate of drug-likeness (QED) is 0.697. The first kappa shape index (κ1) is 21.4. The van der Waals surface area contributed by atoms with Crippen LogP contribution >= 0.6 is 0 Å². The molecular weight excluding hydrogens is 384 g/mol. The highest BCUT2D eigenvalue weighted by atomic mass is 16.5. The van der Waals surface area contributed by atoms with Crippen LogP contribution in [-0.4, -0.2) is 54.2 Å². The summed E-state index contributed by atoms with van der Waals surface area (Å²) in [6.07, 6.45) is -0.623. The van der Waals surface area contributed by atoms with E-state index in [4.69, 9.17) is 9.84 Å². The number of carboxylic acid groups (broad SMARTS) is 1. The third-order valence-corrected chi connectivity index (χ3v) is 5.28. The Morgan fingerprint density at radius 2 is 1.63 bits per heavy atom. The zero-order valence-electron chi connectivity index (χ0n) is 17.1. The molecule has 2 N–H and O–H groups in total. The average Bonchev–Trinajstić information content (AvgIpc) is 3.04. The Morgan fingerprint density at radius 3 is 2.20 bits per heavy atom. The summed E-state index contributed by atoms with van der Waals surface area (Å²) in [4.78, 5) is 36.4. The summed E-state index contributed by atoms with van der Waals surface area (Å²) in [5.74, 6) is -1.22. The molecule has 0 saturated carbocycles. The molecule has 3 rings (SSSR count). The third-order valence-electron chi connectivity index (χ3n) is 5.28. The van der Waals surface area contributed by atoms with Gasteiger partial charge in [-0.1, -0.05) is 48.5 Å². The number of alkyl carbamates (subject to hydrolysis) is 1. The van der Waals surface area contributed by atoms with E-state index in [2.05, 4.69) is 29.6 Å². The van der Waals surface area contributed by atoms with Crippen LogP contribution in [0.25, 0.3) is 11.1 Å². The first-order valence-corrected chi connectivity index (χ1v) is 9.94. The van der Waals surface area contributed by atoms with Crippen molar-refractivity contribution in [1.82, 2.24) is 10.2 Å². The summed E-state index contributed by atoms with van der Waals surface area (Å²) in [5, 5.41) is 11.4. The lowest BCUT2D eigenvalue weighted by Crippen LogP contribution is -2.39. The number of hydrogen-bond acceptors (Lipinski definition) is 4. The molecule has 1 aliphatic carbocycles. The molecule has 0 fully saturated rings. The van der Waals surface area contributed by atoms with Gasteiger partial charge >= 0.3 is 12.1 Å². The smallest absolute Gasteiger partial charge is 0.407 e. The Labute approximate surface area is 175 Å². The van der Waals surface area contributed by atoms with Gasteiger partial charge in [0.2, 0.25) is 5.91 Å². The molecule has 0 unspecified atom stereocenters. The summed E-state index contributed by atoms with van der Waals surface area (Å²) in [6, 6.07) is 15.8. The van der Waals surface area contributed by atoms with Crippen molar-refractivity contribution in [2.45, 2.75) is 31.7 Å². The van der Waals surface area contributed by atoms with E-state index >= 15 is 0 Å². The van der Waals surface area contributed by atoms with E-state index in [1.54, 1.807) is 14.0 Å². The monoisotopic (exact) mass is 410 g/mol. The van der Waals surface area contributed by atoms with Crippen LogP contribution < -0.4 is 5.32 Å².